The quantitative estimate of drug-likeness (QED) is 0.0842. The average Bonchev–Trinajstić information content (AvgIpc) is 1.54. The van der Waals surface area contributed by atoms with Gasteiger partial charge in [-0.3, -0.25) is 0 Å². The first-order chi connectivity index (χ1) is 43.2. The van der Waals surface area contributed by atoms with Crippen LogP contribution in [-0.4, -0.2) is 32.6 Å². The summed E-state index contributed by atoms with van der Waals surface area (Å²) in [4.78, 5) is 0. The summed E-state index contributed by atoms with van der Waals surface area (Å²) >= 11 is 0. The lowest BCUT2D eigenvalue weighted by atomic mass is 9.71. The summed E-state index contributed by atoms with van der Waals surface area (Å²) in [6.45, 7) is 51.7. The molecule has 10 rings (SSSR count). The van der Waals surface area contributed by atoms with Crippen molar-refractivity contribution in [2.24, 2.45) is 10.8 Å². The molecule has 0 saturated carbocycles. The highest BCUT2D eigenvalue weighted by molar-refractivity contribution is 6.11. The SMILES string of the molecule is [CH2-][O+](CCC[O+]([CH2-])c1c(C)cc(F)cc1-c1cc(C(C)(C)CC(C)(C)C)cc(-n2c3cc(C(C)(C)C)ccc3c3ccc(C(C)(C)C)cc32)c1O)c1ccc(F)cc1-c1cc(C(C)(C)CC(C)(C)C)cc(-n2c3cc(C(C)(C)C)ccc3c3ccc(C(C)(C)C)cc32)c1O. The maximum Gasteiger partial charge on any atom is 0.237 e. The first-order valence-corrected chi connectivity index (χ1v) is 33.8. The van der Waals surface area contributed by atoms with E-state index < -0.39 is 22.5 Å². The van der Waals surface area contributed by atoms with E-state index in [0.717, 1.165) is 67.6 Å². The van der Waals surface area contributed by atoms with E-state index in [1.165, 1.54) is 46.5 Å². The van der Waals surface area contributed by atoms with Gasteiger partial charge in [-0.15, -0.1) is 0 Å². The Labute approximate surface area is 561 Å². The third kappa shape index (κ3) is 13.7. The van der Waals surface area contributed by atoms with Crippen molar-refractivity contribution < 1.29 is 27.7 Å². The molecule has 0 aliphatic heterocycles. The third-order valence-corrected chi connectivity index (χ3v) is 19.3. The normalized spacial score (nSPS) is 13.4. The van der Waals surface area contributed by atoms with Crippen LogP contribution in [0.25, 0.3) is 77.2 Å². The molecule has 0 amide bonds. The molecule has 0 spiro atoms. The van der Waals surface area contributed by atoms with E-state index in [1.807, 2.05) is 13.0 Å². The fraction of sp³-hybridized carbons (Fsp3) is 0.419. The zero-order chi connectivity index (χ0) is 69.3. The van der Waals surface area contributed by atoms with Gasteiger partial charge in [0.15, 0.2) is 13.2 Å². The molecule has 2 N–H and O–H groups in total. The van der Waals surface area contributed by atoms with Crippen LogP contribution in [0.3, 0.4) is 0 Å². The van der Waals surface area contributed by atoms with E-state index in [4.69, 9.17) is 0 Å². The minimum atomic E-state index is -0.451. The lowest BCUT2D eigenvalue weighted by Crippen LogP contribution is -2.25. The molecule has 2 aromatic heterocycles. The summed E-state index contributed by atoms with van der Waals surface area (Å²) in [5.74, 6) is 0.324. The zero-order valence-electron chi connectivity index (χ0n) is 60.9. The highest BCUT2D eigenvalue weighted by atomic mass is 19.1. The number of aryl methyl sites for hydroxylation is 1. The molecule has 498 valence electrons. The van der Waals surface area contributed by atoms with Crippen LogP contribution in [0.2, 0.25) is 0 Å². The van der Waals surface area contributed by atoms with Gasteiger partial charge >= 0.3 is 0 Å². The van der Waals surface area contributed by atoms with Crippen LogP contribution in [0.4, 0.5) is 8.78 Å². The maximum absolute atomic E-state index is 16.5. The van der Waals surface area contributed by atoms with Crippen LogP contribution in [0.1, 0.15) is 211 Å². The second kappa shape index (κ2) is 24.0. The molecular formula is C86H106F2N2O4. The van der Waals surface area contributed by atoms with Gasteiger partial charge in [-0.2, -0.15) is 0 Å². The summed E-state index contributed by atoms with van der Waals surface area (Å²) in [5.41, 5.74) is 12.9. The van der Waals surface area contributed by atoms with Crippen LogP contribution in [0.15, 0.2) is 127 Å². The molecule has 0 bridgehead atoms. The van der Waals surface area contributed by atoms with Crippen molar-refractivity contribution in [3.63, 3.8) is 0 Å². The molecule has 0 radical (unpaired) electrons. The molecule has 0 fully saturated rings. The van der Waals surface area contributed by atoms with Crippen molar-refractivity contribution in [3.05, 3.63) is 192 Å². The number of phenolic OH excluding ortho intramolecular Hbond substituents is 2. The second-order valence-electron chi connectivity index (χ2n) is 35.1. The van der Waals surface area contributed by atoms with Crippen molar-refractivity contribution in [1.29, 1.82) is 0 Å². The number of phenols is 2. The average molecular weight is 1270 g/mol. The van der Waals surface area contributed by atoms with Gasteiger partial charge < -0.3 is 28.1 Å². The number of halogens is 2. The van der Waals surface area contributed by atoms with Gasteiger partial charge in [0, 0.05) is 44.3 Å². The van der Waals surface area contributed by atoms with Crippen molar-refractivity contribution >= 4 is 43.6 Å². The standard InChI is InChI=1S/C86H106F2N2O4/c1-52-39-60(88)49-68(67-41-58(86(22,23)51-80(5,6)7)47-74(77(67)92)90-71-44-55(83(14,15)16)29-34-63(71)64-35-30-56(45-72(64)90)84(17,18)19)78(52)94(25)38-26-37-93(24)75-36-31-59(87)48-65(75)66-40-57(85(20,21)50-79(2,3)4)46-73(76(66)91)89-69-42-53(81(8,9)10)27-32-61(69)62-33-28-54(43-70(62)89)82(11,12)13/h27-36,39-49,91-92H,24-26,37-38,50-51H2,1-23H3. The Morgan fingerprint density at radius 1 is 0.372 bits per heavy atom. The predicted molar refractivity (Wildman–Crippen MR) is 396 cm³/mol. The summed E-state index contributed by atoms with van der Waals surface area (Å²) < 4.78 is 43.2. The van der Waals surface area contributed by atoms with Gasteiger partial charge in [-0.25, -0.2) is 8.78 Å². The first-order valence-electron chi connectivity index (χ1n) is 33.8. The number of aromatic hydroxyl groups is 2. The van der Waals surface area contributed by atoms with E-state index >= 15 is 8.78 Å². The fourth-order valence-corrected chi connectivity index (χ4v) is 14.9. The van der Waals surface area contributed by atoms with Gasteiger partial charge in [0.2, 0.25) is 11.5 Å². The summed E-state index contributed by atoms with van der Waals surface area (Å²) in [7, 11) is 9.14. The van der Waals surface area contributed by atoms with Crippen molar-refractivity contribution in [1.82, 2.24) is 9.13 Å². The first kappa shape index (κ1) is 69.3. The van der Waals surface area contributed by atoms with Gasteiger partial charge in [-0.1, -0.05) is 201 Å². The summed E-state index contributed by atoms with van der Waals surface area (Å²) in [6, 6.07) is 42.9. The lowest BCUT2D eigenvalue weighted by molar-refractivity contribution is -0.0165. The Kier molecular flexibility index (Phi) is 17.6. The molecule has 6 nitrogen and oxygen atoms in total. The van der Waals surface area contributed by atoms with Crippen LogP contribution in [0, 0.1) is 43.6 Å². The molecule has 2 heterocycles. The number of aromatic nitrogens is 2. The van der Waals surface area contributed by atoms with Crippen LogP contribution in [-0.2, 0) is 41.2 Å². The third-order valence-electron chi connectivity index (χ3n) is 19.3. The van der Waals surface area contributed by atoms with E-state index in [9.17, 15) is 10.2 Å². The summed E-state index contributed by atoms with van der Waals surface area (Å²) in [6.07, 6.45) is 2.13. The minimum Gasteiger partial charge on any atom is -0.711 e. The van der Waals surface area contributed by atoms with Gasteiger partial charge in [0.25, 0.3) is 0 Å². The van der Waals surface area contributed by atoms with Crippen molar-refractivity contribution in [2.75, 3.05) is 13.2 Å². The number of hydrogen-bond acceptors (Lipinski definition) is 2. The molecule has 10 aromatic rings. The Balaban J connectivity index is 1.09. The van der Waals surface area contributed by atoms with Crippen LogP contribution >= 0.6 is 0 Å². The number of rotatable bonds is 14. The van der Waals surface area contributed by atoms with Gasteiger partial charge in [0.1, 0.15) is 29.6 Å². The molecule has 0 aliphatic rings. The van der Waals surface area contributed by atoms with E-state index in [-0.39, 0.29) is 44.0 Å². The number of hydrogen-bond donors (Lipinski definition) is 2. The highest BCUT2D eigenvalue weighted by Crippen LogP contribution is 2.53. The molecule has 0 unspecified atom stereocenters. The maximum atomic E-state index is 16.5. The van der Waals surface area contributed by atoms with Gasteiger partial charge in [-0.05, 0) is 183 Å². The monoisotopic (exact) mass is 1270 g/mol. The Hall–Kier alpha value is -7.58. The minimum absolute atomic E-state index is 0.0239. The van der Waals surface area contributed by atoms with E-state index in [1.54, 1.807) is 6.07 Å². The molecule has 0 atom stereocenters. The van der Waals surface area contributed by atoms with E-state index in [0.29, 0.717) is 70.3 Å². The van der Waals surface area contributed by atoms with Gasteiger partial charge in [0.05, 0.1) is 44.6 Å². The smallest absolute Gasteiger partial charge is 0.237 e. The number of nitrogens with zero attached hydrogens (tertiary/aromatic N) is 2. The number of benzene rings is 8. The largest absolute Gasteiger partial charge is 0.711 e. The Morgan fingerprint density at radius 3 is 1.06 bits per heavy atom. The molecule has 0 aliphatic carbocycles. The lowest BCUT2D eigenvalue weighted by Gasteiger charge is -2.35. The van der Waals surface area contributed by atoms with Crippen molar-refractivity contribution in [3.8, 4) is 56.6 Å². The zero-order valence-corrected chi connectivity index (χ0v) is 60.9. The Morgan fingerprint density at radius 2 is 0.713 bits per heavy atom. The molecule has 0 saturated heterocycles. The highest BCUT2D eigenvalue weighted by Gasteiger charge is 2.35. The van der Waals surface area contributed by atoms with Crippen LogP contribution in [0.5, 0.6) is 23.0 Å². The second-order valence-corrected chi connectivity index (χ2v) is 35.1. The van der Waals surface area contributed by atoms with E-state index in [2.05, 4.69) is 275 Å². The predicted octanol–water partition coefficient (Wildman–Crippen LogP) is 25.0. The molecular weight excluding hydrogens is 1160 g/mol. The fourth-order valence-electron chi connectivity index (χ4n) is 14.9. The molecule has 94 heavy (non-hydrogen) atoms. The topological polar surface area (TPSA) is 55.7 Å². The Bertz CT molecular complexity index is 4420. The summed E-state index contributed by atoms with van der Waals surface area (Å²) in [5, 5.41) is 30.9. The van der Waals surface area contributed by atoms with Crippen LogP contribution < -0.4 is 0 Å². The molecule has 8 heteroatoms. The number of fused-ring (bicyclic) bond motifs is 6. The van der Waals surface area contributed by atoms with Crippen molar-refractivity contribution in [2.45, 2.75) is 211 Å². The molecule has 8 aromatic carbocycles.